The molecule has 116 valence electrons. The lowest BCUT2D eigenvalue weighted by molar-refractivity contribution is -0.174. The van der Waals surface area contributed by atoms with Gasteiger partial charge in [-0.3, -0.25) is 4.79 Å². The Morgan fingerprint density at radius 3 is 2.90 bits per heavy atom. The second kappa shape index (κ2) is 6.31. The van der Waals surface area contributed by atoms with Crippen LogP contribution in [0.3, 0.4) is 0 Å². The van der Waals surface area contributed by atoms with E-state index in [0.717, 1.165) is 0 Å². The van der Waals surface area contributed by atoms with Crippen LogP contribution >= 0.6 is 0 Å². The van der Waals surface area contributed by atoms with Crippen molar-refractivity contribution in [1.82, 2.24) is 5.32 Å². The number of halogens is 3. The zero-order valence-electron chi connectivity index (χ0n) is 11.1. The zero-order valence-corrected chi connectivity index (χ0v) is 11.1. The first-order chi connectivity index (χ1) is 9.87. The summed E-state index contributed by atoms with van der Waals surface area (Å²) in [4.78, 5) is 11.8. The van der Waals surface area contributed by atoms with Crippen LogP contribution < -0.4 is 15.8 Å². The molecule has 0 saturated heterocycles. The normalized spacial score (nSPS) is 16.5. The molecular formula is C13H15F3N2O3. The second-order valence-corrected chi connectivity index (χ2v) is 4.60. The molecule has 0 saturated carbocycles. The number of fused-ring (bicyclic) bond motifs is 1. The number of carbonyl (C=O) groups excluding carboxylic acids is 1. The van der Waals surface area contributed by atoms with E-state index in [2.05, 4.69) is 10.1 Å². The topological polar surface area (TPSA) is 73.6 Å². The quantitative estimate of drug-likeness (QED) is 0.881. The molecular weight excluding hydrogens is 289 g/mol. The first-order valence-electron chi connectivity index (χ1n) is 6.32. The van der Waals surface area contributed by atoms with Crippen LogP contribution in [0, 0.1) is 0 Å². The lowest BCUT2D eigenvalue weighted by atomic mass is 10.0. The van der Waals surface area contributed by atoms with Crippen LogP contribution in [0.5, 0.6) is 5.75 Å². The van der Waals surface area contributed by atoms with Crippen molar-refractivity contribution in [3.8, 4) is 5.75 Å². The first kappa shape index (κ1) is 15.6. The van der Waals surface area contributed by atoms with E-state index in [-0.39, 0.29) is 12.5 Å². The van der Waals surface area contributed by atoms with Gasteiger partial charge in [0.2, 0.25) is 0 Å². The third-order valence-electron chi connectivity index (χ3n) is 2.88. The van der Waals surface area contributed by atoms with Crippen molar-refractivity contribution in [2.24, 2.45) is 5.73 Å². The summed E-state index contributed by atoms with van der Waals surface area (Å²) >= 11 is 0. The van der Waals surface area contributed by atoms with Gasteiger partial charge in [-0.15, -0.1) is 0 Å². The minimum Gasteiger partial charge on any atom is -0.491 e. The van der Waals surface area contributed by atoms with Crippen molar-refractivity contribution in [2.75, 3.05) is 26.4 Å². The molecule has 1 heterocycles. The molecule has 0 radical (unpaired) electrons. The highest BCUT2D eigenvalue weighted by Crippen LogP contribution is 2.24. The van der Waals surface area contributed by atoms with E-state index >= 15 is 0 Å². The molecule has 0 spiro atoms. The Kier molecular flexibility index (Phi) is 4.69. The maximum atomic E-state index is 12.0. The van der Waals surface area contributed by atoms with E-state index in [1.54, 1.807) is 12.1 Å². The van der Waals surface area contributed by atoms with Gasteiger partial charge in [0.1, 0.15) is 19.0 Å². The van der Waals surface area contributed by atoms with Gasteiger partial charge < -0.3 is 20.5 Å². The summed E-state index contributed by atoms with van der Waals surface area (Å²) in [6.45, 7) is -0.890. The van der Waals surface area contributed by atoms with Crippen molar-refractivity contribution in [3.05, 3.63) is 29.3 Å². The lowest BCUT2D eigenvalue weighted by Gasteiger charge is -2.15. The molecule has 1 aromatic rings. The van der Waals surface area contributed by atoms with E-state index < -0.39 is 18.8 Å². The molecule has 21 heavy (non-hydrogen) atoms. The fourth-order valence-electron chi connectivity index (χ4n) is 1.90. The Balaban J connectivity index is 2.05. The summed E-state index contributed by atoms with van der Waals surface area (Å²) < 4.78 is 45.9. The summed E-state index contributed by atoms with van der Waals surface area (Å²) in [6.07, 6.45) is -4.39. The van der Waals surface area contributed by atoms with Crippen LogP contribution in [0.4, 0.5) is 13.2 Å². The number of hydrogen-bond acceptors (Lipinski definition) is 4. The molecule has 5 nitrogen and oxygen atoms in total. The van der Waals surface area contributed by atoms with E-state index in [0.29, 0.717) is 30.0 Å². The number of nitrogens with one attached hydrogen (secondary N) is 1. The smallest absolute Gasteiger partial charge is 0.411 e. The number of hydrogen-bond donors (Lipinski definition) is 2. The number of benzene rings is 1. The molecule has 1 atom stereocenters. The maximum absolute atomic E-state index is 12.0. The van der Waals surface area contributed by atoms with Crippen LogP contribution in [0.1, 0.15) is 22.0 Å². The van der Waals surface area contributed by atoms with Gasteiger partial charge in [-0.25, -0.2) is 0 Å². The summed E-state index contributed by atoms with van der Waals surface area (Å²) in [5.41, 5.74) is 6.60. The van der Waals surface area contributed by atoms with Gasteiger partial charge in [0.15, 0.2) is 0 Å². The number of ether oxygens (including phenoxy) is 2. The van der Waals surface area contributed by atoms with Crippen LogP contribution in [-0.2, 0) is 4.74 Å². The Morgan fingerprint density at radius 1 is 1.43 bits per heavy atom. The predicted molar refractivity (Wildman–Crippen MR) is 68.1 cm³/mol. The van der Waals surface area contributed by atoms with Gasteiger partial charge in [0.05, 0.1) is 24.8 Å². The van der Waals surface area contributed by atoms with Gasteiger partial charge >= 0.3 is 6.18 Å². The summed E-state index contributed by atoms with van der Waals surface area (Å²) in [7, 11) is 0. The molecule has 0 fully saturated rings. The van der Waals surface area contributed by atoms with Crippen LogP contribution in [0.25, 0.3) is 0 Å². The summed E-state index contributed by atoms with van der Waals surface area (Å²) in [5, 5.41) is 2.65. The SMILES string of the molecule is NC(COCC(F)(F)F)c1ccc2c(c1)C(=O)NCCO2. The fourth-order valence-corrected chi connectivity index (χ4v) is 1.90. The molecule has 0 bridgehead atoms. The lowest BCUT2D eigenvalue weighted by Crippen LogP contribution is -2.25. The molecule has 1 aromatic carbocycles. The number of amides is 1. The van der Waals surface area contributed by atoms with Crippen molar-refractivity contribution < 1.29 is 27.4 Å². The molecule has 0 aromatic heterocycles. The Bertz CT molecular complexity index is 520. The second-order valence-electron chi connectivity index (χ2n) is 4.60. The Hall–Kier alpha value is -1.80. The summed E-state index contributed by atoms with van der Waals surface area (Å²) in [6, 6.07) is 3.95. The molecule has 8 heteroatoms. The summed E-state index contributed by atoms with van der Waals surface area (Å²) in [5.74, 6) is 0.130. The highest BCUT2D eigenvalue weighted by Gasteiger charge is 2.28. The van der Waals surface area contributed by atoms with E-state index in [1.807, 2.05) is 0 Å². The number of rotatable bonds is 4. The average molecular weight is 304 g/mol. The number of nitrogens with two attached hydrogens (primary N) is 1. The van der Waals surface area contributed by atoms with Gasteiger partial charge in [-0.05, 0) is 17.7 Å². The van der Waals surface area contributed by atoms with Crippen LogP contribution in [-0.4, -0.2) is 38.4 Å². The van der Waals surface area contributed by atoms with E-state index in [9.17, 15) is 18.0 Å². The standard InChI is InChI=1S/C13H15F3N2O3/c14-13(15,16)7-20-6-10(17)8-1-2-11-9(5-8)12(19)18-3-4-21-11/h1-2,5,10H,3-4,6-7,17H2,(H,18,19). The van der Waals surface area contributed by atoms with Gasteiger partial charge in [-0.1, -0.05) is 6.07 Å². The molecule has 0 aliphatic carbocycles. The van der Waals surface area contributed by atoms with Crippen molar-refractivity contribution in [3.63, 3.8) is 0 Å². The number of alkyl halides is 3. The largest absolute Gasteiger partial charge is 0.491 e. The van der Waals surface area contributed by atoms with Crippen molar-refractivity contribution >= 4 is 5.91 Å². The number of carbonyl (C=O) groups is 1. The van der Waals surface area contributed by atoms with Crippen LogP contribution in [0.15, 0.2) is 18.2 Å². The first-order valence-corrected chi connectivity index (χ1v) is 6.32. The third kappa shape index (κ3) is 4.33. The molecule has 1 aliphatic rings. The molecule has 1 aliphatic heterocycles. The Morgan fingerprint density at radius 2 is 2.19 bits per heavy atom. The monoisotopic (exact) mass is 304 g/mol. The molecule has 1 amide bonds. The molecule has 1 unspecified atom stereocenters. The van der Waals surface area contributed by atoms with Crippen LogP contribution in [0.2, 0.25) is 0 Å². The minimum atomic E-state index is -4.39. The third-order valence-corrected chi connectivity index (χ3v) is 2.88. The van der Waals surface area contributed by atoms with E-state index in [4.69, 9.17) is 10.5 Å². The molecule has 2 rings (SSSR count). The minimum absolute atomic E-state index is 0.291. The zero-order chi connectivity index (χ0) is 15.5. The van der Waals surface area contributed by atoms with Gasteiger partial charge in [0.25, 0.3) is 5.91 Å². The van der Waals surface area contributed by atoms with Crippen molar-refractivity contribution in [2.45, 2.75) is 12.2 Å². The van der Waals surface area contributed by atoms with Gasteiger partial charge in [0, 0.05) is 0 Å². The maximum Gasteiger partial charge on any atom is 0.411 e. The highest BCUT2D eigenvalue weighted by molar-refractivity contribution is 5.97. The highest BCUT2D eigenvalue weighted by atomic mass is 19.4. The molecule has 3 N–H and O–H groups in total. The predicted octanol–water partition coefficient (Wildman–Crippen LogP) is 1.39. The van der Waals surface area contributed by atoms with Gasteiger partial charge in [-0.2, -0.15) is 13.2 Å². The fraction of sp³-hybridized carbons (Fsp3) is 0.462. The average Bonchev–Trinajstić information content (AvgIpc) is 2.59. The van der Waals surface area contributed by atoms with E-state index in [1.165, 1.54) is 6.07 Å². The Labute approximate surface area is 119 Å². The van der Waals surface area contributed by atoms with Crippen molar-refractivity contribution in [1.29, 1.82) is 0 Å².